The SMILES string of the molecule is CC1CCC([C@H](N)c2cn3nc(C[C@H]4C[C@@H](C(F)(F)F)NC4=O)c(C4CCOCC4)nc3n2)CC1. The lowest BCUT2D eigenvalue weighted by atomic mass is 9.79. The molecule has 11 heteroatoms. The fourth-order valence-electron chi connectivity index (χ4n) is 5.74. The Balaban J connectivity index is 1.44. The van der Waals surface area contributed by atoms with Crippen LogP contribution in [0.25, 0.3) is 5.78 Å². The molecule has 8 nitrogen and oxygen atoms in total. The normalized spacial score (nSPS) is 29.5. The molecule has 4 heterocycles. The summed E-state index contributed by atoms with van der Waals surface area (Å²) in [5.41, 5.74) is 8.59. The van der Waals surface area contributed by atoms with Crippen LogP contribution in [0.1, 0.15) is 80.9 Å². The Kier molecular flexibility index (Phi) is 6.73. The van der Waals surface area contributed by atoms with Gasteiger partial charge in [-0.1, -0.05) is 19.8 Å². The molecule has 0 radical (unpaired) electrons. The summed E-state index contributed by atoms with van der Waals surface area (Å²) in [6.07, 6.45) is 3.06. The number of nitrogens with two attached hydrogens (primary N) is 1. The quantitative estimate of drug-likeness (QED) is 0.659. The Morgan fingerprint density at radius 2 is 1.89 bits per heavy atom. The summed E-state index contributed by atoms with van der Waals surface area (Å²) in [4.78, 5) is 21.9. The molecule has 1 saturated carbocycles. The van der Waals surface area contributed by atoms with Gasteiger partial charge in [0.25, 0.3) is 5.78 Å². The summed E-state index contributed by atoms with van der Waals surface area (Å²) < 4.78 is 46.7. The zero-order chi connectivity index (χ0) is 24.7. The number of halogens is 3. The molecule has 2 saturated heterocycles. The van der Waals surface area contributed by atoms with Gasteiger partial charge in [0.05, 0.1) is 29.3 Å². The van der Waals surface area contributed by atoms with Gasteiger partial charge in [-0.05, 0) is 43.9 Å². The van der Waals surface area contributed by atoms with Gasteiger partial charge >= 0.3 is 6.18 Å². The number of carbonyl (C=O) groups excluding carboxylic acids is 1. The molecular formula is C24H33F3N6O2. The van der Waals surface area contributed by atoms with Gasteiger partial charge in [0, 0.05) is 31.5 Å². The van der Waals surface area contributed by atoms with E-state index in [1.165, 1.54) is 0 Å². The molecule has 0 unspecified atom stereocenters. The van der Waals surface area contributed by atoms with Crippen LogP contribution in [0.15, 0.2) is 6.20 Å². The molecule has 3 atom stereocenters. The number of nitrogens with zero attached hydrogens (tertiary/aromatic N) is 4. The highest BCUT2D eigenvalue weighted by molar-refractivity contribution is 5.81. The van der Waals surface area contributed by atoms with E-state index in [9.17, 15) is 18.0 Å². The molecule has 3 N–H and O–H groups in total. The molecule has 35 heavy (non-hydrogen) atoms. The van der Waals surface area contributed by atoms with Crippen LogP contribution in [0, 0.1) is 17.8 Å². The number of ether oxygens (including phenoxy) is 1. The second kappa shape index (κ2) is 9.65. The third-order valence-corrected chi connectivity index (χ3v) is 7.99. The van der Waals surface area contributed by atoms with Crippen LogP contribution in [-0.4, -0.2) is 50.9 Å². The fourth-order valence-corrected chi connectivity index (χ4v) is 5.74. The summed E-state index contributed by atoms with van der Waals surface area (Å²) in [7, 11) is 0. The van der Waals surface area contributed by atoms with E-state index in [4.69, 9.17) is 25.5 Å². The van der Waals surface area contributed by atoms with E-state index >= 15 is 0 Å². The van der Waals surface area contributed by atoms with E-state index in [0.717, 1.165) is 50.1 Å². The van der Waals surface area contributed by atoms with E-state index < -0.39 is 24.0 Å². The summed E-state index contributed by atoms with van der Waals surface area (Å²) in [6, 6.07) is -2.03. The van der Waals surface area contributed by atoms with Crippen molar-refractivity contribution in [2.45, 2.75) is 82.5 Å². The molecule has 0 aromatic carbocycles. The minimum Gasteiger partial charge on any atom is -0.381 e. The second-order valence-corrected chi connectivity index (χ2v) is 10.5. The Bertz CT molecular complexity index is 1060. The molecule has 5 rings (SSSR count). The number of fused-ring (bicyclic) bond motifs is 1. The molecule has 3 aliphatic rings. The summed E-state index contributed by atoms with van der Waals surface area (Å²) in [5, 5.41) is 6.82. The van der Waals surface area contributed by atoms with Crippen molar-refractivity contribution >= 4 is 11.7 Å². The van der Waals surface area contributed by atoms with E-state index in [2.05, 4.69) is 12.2 Å². The number of amides is 1. The highest BCUT2D eigenvalue weighted by Gasteiger charge is 2.48. The minimum absolute atomic E-state index is 0.0628. The average Bonchev–Trinajstić information content (AvgIpc) is 3.42. The van der Waals surface area contributed by atoms with Crippen LogP contribution in [0.5, 0.6) is 0 Å². The van der Waals surface area contributed by atoms with Crippen LogP contribution < -0.4 is 11.1 Å². The molecule has 1 aliphatic carbocycles. The van der Waals surface area contributed by atoms with Gasteiger partial charge < -0.3 is 15.8 Å². The minimum atomic E-state index is -4.46. The van der Waals surface area contributed by atoms with Crippen LogP contribution >= 0.6 is 0 Å². The molecule has 3 fully saturated rings. The summed E-state index contributed by atoms with van der Waals surface area (Å²) >= 11 is 0. The van der Waals surface area contributed by atoms with Gasteiger partial charge in [0.15, 0.2) is 0 Å². The Morgan fingerprint density at radius 1 is 1.17 bits per heavy atom. The van der Waals surface area contributed by atoms with E-state index in [1.54, 1.807) is 10.7 Å². The Labute approximate surface area is 202 Å². The Hall–Kier alpha value is -2.27. The largest absolute Gasteiger partial charge is 0.408 e. The third-order valence-electron chi connectivity index (χ3n) is 7.99. The molecule has 0 bridgehead atoms. The van der Waals surface area contributed by atoms with Gasteiger partial charge in [-0.15, -0.1) is 0 Å². The lowest BCUT2D eigenvalue weighted by molar-refractivity contribution is -0.154. The van der Waals surface area contributed by atoms with Crippen molar-refractivity contribution in [1.82, 2.24) is 24.9 Å². The third kappa shape index (κ3) is 5.16. The fraction of sp³-hybridized carbons (Fsp3) is 0.750. The number of hydrogen-bond acceptors (Lipinski definition) is 6. The summed E-state index contributed by atoms with van der Waals surface area (Å²) in [5.74, 6) is 0.180. The first-order valence-electron chi connectivity index (χ1n) is 12.7. The highest BCUT2D eigenvalue weighted by Crippen LogP contribution is 2.36. The molecule has 2 aromatic heterocycles. The van der Waals surface area contributed by atoms with Gasteiger partial charge in [-0.3, -0.25) is 4.79 Å². The van der Waals surface area contributed by atoms with Gasteiger partial charge in [0.2, 0.25) is 5.91 Å². The van der Waals surface area contributed by atoms with Gasteiger partial charge in [-0.25, -0.2) is 14.5 Å². The first kappa shape index (κ1) is 24.4. The number of alkyl halides is 3. The number of nitrogens with one attached hydrogen (secondary N) is 1. The van der Waals surface area contributed by atoms with Gasteiger partial charge in [0.1, 0.15) is 6.04 Å². The lowest BCUT2D eigenvalue weighted by Crippen LogP contribution is -2.38. The molecule has 0 spiro atoms. The molecule has 2 aromatic rings. The van der Waals surface area contributed by atoms with E-state index in [0.29, 0.717) is 36.3 Å². The molecule has 192 valence electrons. The van der Waals surface area contributed by atoms with Gasteiger partial charge in [-0.2, -0.15) is 18.3 Å². The predicted octanol–water partition coefficient (Wildman–Crippen LogP) is 3.45. The van der Waals surface area contributed by atoms with E-state index in [1.807, 2.05) is 0 Å². The molecule has 2 aliphatic heterocycles. The highest BCUT2D eigenvalue weighted by atomic mass is 19.4. The first-order chi connectivity index (χ1) is 16.7. The Morgan fingerprint density at radius 3 is 2.54 bits per heavy atom. The van der Waals surface area contributed by atoms with Crippen LogP contribution in [-0.2, 0) is 16.0 Å². The smallest absolute Gasteiger partial charge is 0.381 e. The van der Waals surface area contributed by atoms with Crippen molar-refractivity contribution in [3.8, 4) is 0 Å². The average molecular weight is 495 g/mol. The maximum absolute atomic E-state index is 13.2. The van der Waals surface area contributed by atoms with Crippen LogP contribution in [0.3, 0.4) is 0 Å². The van der Waals surface area contributed by atoms with Crippen molar-refractivity contribution < 1.29 is 22.7 Å². The monoisotopic (exact) mass is 494 g/mol. The standard InChI is InChI=1S/C24H33F3N6O2/c1-13-2-4-14(5-3-13)20(28)18-12-33-23(29-18)31-21(15-6-8-35-9-7-15)17(32-33)10-16-11-19(24(25,26)27)30-22(16)34/h12-16,19-20H,2-11,28H2,1H3,(H,30,34)/t13?,14?,16-,19-,20-/m0/s1. The molecule has 1 amide bonds. The van der Waals surface area contributed by atoms with Crippen LogP contribution in [0.4, 0.5) is 13.2 Å². The zero-order valence-electron chi connectivity index (χ0n) is 19.9. The maximum atomic E-state index is 13.2. The maximum Gasteiger partial charge on any atom is 0.408 e. The van der Waals surface area contributed by atoms with E-state index in [-0.39, 0.29) is 24.8 Å². The number of hydrogen-bond donors (Lipinski definition) is 2. The van der Waals surface area contributed by atoms with Crippen molar-refractivity contribution in [2.24, 2.45) is 23.5 Å². The number of carbonyl (C=O) groups is 1. The number of aromatic nitrogens is 4. The topological polar surface area (TPSA) is 107 Å². The zero-order valence-corrected chi connectivity index (χ0v) is 19.9. The van der Waals surface area contributed by atoms with Crippen molar-refractivity contribution in [3.63, 3.8) is 0 Å². The van der Waals surface area contributed by atoms with Crippen molar-refractivity contribution in [1.29, 1.82) is 0 Å². The van der Waals surface area contributed by atoms with Crippen LogP contribution in [0.2, 0.25) is 0 Å². The number of rotatable bonds is 5. The first-order valence-corrected chi connectivity index (χ1v) is 12.7. The van der Waals surface area contributed by atoms with Crippen molar-refractivity contribution in [3.05, 3.63) is 23.3 Å². The summed E-state index contributed by atoms with van der Waals surface area (Å²) in [6.45, 7) is 3.44. The molecular weight excluding hydrogens is 461 g/mol. The second-order valence-electron chi connectivity index (χ2n) is 10.5. The van der Waals surface area contributed by atoms with Crippen molar-refractivity contribution in [2.75, 3.05) is 13.2 Å². The predicted molar refractivity (Wildman–Crippen MR) is 121 cm³/mol. The lowest BCUT2D eigenvalue weighted by Gasteiger charge is -2.29. The number of imidazole rings is 1.